The van der Waals surface area contributed by atoms with Crippen molar-refractivity contribution in [2.45, 2.75) is 27.9 Å². The minimum atomic E-state index is -3.55. The number of carbonyl (C=O) groups excluding carboxylic acids is 1. The van der Waals surface area contributed by atoms with Gasteiger partial charge in [-0.3, -0.25) is 4.79 Å². The van der Waals surface area contributed by atoms with Gasteiger partial charge in [-0.25, -0.2) is 16.8 Å². The van der Waals surface area contributed by atoms with Gasteiger partial charge in [-0.2, -0.15) is 4.31 Å². The topological polar surface area (TPSA) is 101 Å². The van der Waals surface area contributed by atoms with E-state index in [9.17, 15) is 21.6 Å². The van der Waals surface area contributed by atoms with Crippen LogP contribution in [0, 0.1) is 0 Å². The summed E-state index contributed by atoms with van der Waals surface area (Å²) in [6, 6.07) is 12.0. The lowest BCUT2D eigenvalue weighted by molar-refractivity contribution is 0.0658. The molecular formula is C21H24N2O6S2. The first kappa shape index (κ1) is 21.8. The Labute approximate surface area is 182 Å². The number of amides is 1. The molecule has 0 aromatic heterocycles. The third kappa shape index (κ3) is 4.07. The lowest BCUT2D eigenvalue weighted by Gasteiger charge is -2.38. The zero-order valence-electron chi connectivity index (χ0n) is 17.1. The number of methoxy groups -OCH3 is 1. The number of hydrogen-bond acceptors (Lipinski definition) is 6. The molecule has 2 aromatic rings. The average molecular weight is 465 g/mol. The number of carbonyl (C=O) groups is 1. The van der Waals surface area contributed by atoms with Crippen LogP contribution in [0.15, 0.2) is 58.3 Å². The fourth-order valence-electron chi connectivity index (χ4n) is 3.79. The molecule has 2 heterocycles. The zero-order chi connectivity index (χ0) is 22.2. The van der Waals surface area contributed by atoms with Crippen LogP contribution in [0.2, 0.25) is 0 Å². The number of rotatable bonds is 6. The summed E-state index contributed by atoms with van der Waals surface area (Å²) in [5.74, 6) is 0.255. The Morgan fingerprint density at radius 2 is 1.42 bits per heavy atom. The van der Waals surface area contributed by atoms with Gasteiger partial charge in [0.05, 0.1) is 16.9 Å². The standard InChI is InChI=1S/C21H24N2O6S2/c1-29-17-6-10-18(11-7-17)30(25,26)20-14-22(15-20)21(24)16-4-8-19(9-5-16)31(27,28)23-12-2-3-13-23/h4-11,20H,2-3,12-15H2,1H3. The van der Waals surface area contributed by atoms with Crippen molar-refractivity contribution in [2.75, 3.05) is 33.3 Å². The number of hydrogen-bond donors (Lipinski definition) is 0. The summed E-state index contributed by atoms with van der Waals surface area (Å²) in [5, 5.41) is -0.667. The summed E-state index contributed by atoms with van der Waals surface area (Å²) in [5.41, 5.74) is 0.334. The van der Waals surface area contributed by atoms with E-state index in [4.69, 9.17) is 4.74 Å². The molecule has 2 fully saturated rings. The monoisotopic (exact) mass is 464 g/mol. The van der Waals surface area contributed by atoms with Crippen LogP contribution >= 0.6 is 0 Å². The lowest BCUT2D eigenvalue weighted by atomic mass is 10.1. The molecule has 0 atom stereocenters. The first-order valence-electron chi connectivity index (χ1n) is 10.0. The normalized spacial score (nSPS) is 18.0. The first-order chi connectivity index (χ1) is 14.7. The molecule has 10 heteroatoms. The average Bonchev–Trinajstić information content (AvgIpc) is 3.28. The van der Waals surface area contributed by atoms with Crippen molar-refractivity contribution in [3.8, 4) is 5.75 Å². The third-order valence-corrected chi connectivity index (χ3v) is 9.78. The van der Waals surface area contributed by atoms with Gasteiger partial charge in [-0.1, -0.05) is 0 Å². The minimum Gasteiger partial charge on any atom is -0.497 e. The van der Waals surface area contributed by atoms with Crippen molar-refractivity contribution in [2.24, 2.45) is 0 Å². The fourth-order valence-corrected chi connectivity index (χ4v) is 6.96. The van der Waals surface area contributed by atoms with Crippen LogP contribution in [-0.2, 0) is 19.9 Å². The number of sulfonamides is 1. The Morgan fingerprint density at radius 1 is 0.871 bits per heavy atom. The van der Waals surface area contributed by atoms with Crippen molar-refractivity contribution >= 4 is 25.8 Å². The van der Waals surface area contributed by atoms with Crippen molar-refractivity contribution in [1.29, 1.82) is 0 Å². The van der Waals surface area contributed by atoms with E-state index in [2.05, 4.69) is 0 Å². The number of nitrogens with zero attached hydrogens (tertiary/aromatic N) is 2. The maximum absolute atomic E-state index is 12.7. The summed E-state index contributed by atoms with van der Waals surface area (Å²) < 4.78 is 57.2. The summed E-state index contributed by atoms with van der Waals surface area (Å²) in [6.45, 7) is 1.23. The number of benzene rings is 2. The van der Waals surface area contributed by atoms with Crippen LogP contribution in [-0.4, -0.2) is 70.5 Å². The molecule has 1 amide bonds. The predicted molar refractivity (Wildman–Crippen MR) is 114 cm³/mol. The highest BCUT2D eigenvalue weighted by Crippen LogP contribution is 2.27. The Hall–Kier alpha value is -2.43. The van der Waals surface area contributed by atoms with E-state index in [0.717, 1.165) is 12.8 Å². The van der Waals surface area contributed by atoms with Gasteiger partial charge in [-0.15, -0.1) is 0 Å². The van der Waals surface area contributed by atoms with E-state index >= 15 is 0 Å². The van der Waals surface area contributed by atoms with Crippen LogP contribution in [0.3, 0.4) is 0 Å². The first-order valence-corrected chi connectivity index (χ1v) is 13.0. The molecule has 2 aliphatic heterocycles. The Balaban J connectivity index is 1.41. The van der Waals surface area contributed by atoms with Crippen molar-refractivity contribution in [1.82, 2.24) is 9.21 Å². The highest BCUT2D eigenvalue weighted by molar-refractivity contribution is 7.92. The van der Waals surface area contributed by atoms with E-state index in [1.54, 1.807) is 12.1 Å². The zero-order valence-corrected chi connectivity index (χ0v) is 18.7. The van der Waals surface area contributed by atoms with Crippen molar-refractivity contribution in [3.63, 3.8) is 0 Å². The van der Waals surface area contributed by atoms with Gasteiger partial charge in [0.1, 0.15) is 11.0 Å². The van der Waals surface area contributed by atoms with Gasteiger partial charge in [0.2, 0.25) is 10.0 Å². The van der Waals surface area contributed by atoms with Gasteiger partial charge in [0.15, 0.2) is 9.84 Å². The largest absolute Gasteiger partial charge is 0.497 e. The second-order valence-corrected chi connectivity index (χ2v) is 11.9. The molecule has 0 N–H and O–H groups in total. The molecule has 4 rings (SSSR count). The molecule has 0 unspecified atom stereocenters. The molecule has 8 nitrogen and oxygen atoms in total. The Kier molecular flexibility index (Phi) is 5.80. The smallest absolute Gasteiger partial charge is 0.253 e. The van der Waals surface area contributed by atoms with Gasteiger partial charge in [-0.05, 0) is 61.4 Å². The summed E-state index contributed by atoms with van der Waals surface area (Å²) >= 11 is 0. The maximum Gasteiger partial charge on any atom is 0.253 e. The molecule has 2 saturated heterocycles. The predicted octanol–water partition coefficient (Wildman–Crippen LogP) is 1.78. The molecule has 0 aliphatic carbocycles. The van der Waals surface area contributed by atoms with E-state index in [1.807, 2.05) is 0 Å². The lowest BCUT2D eigenvalue weighted by Crippen LogP contribution is -2.56. The molecule has 166 valence electrons. The molecule has 0 bridgehead atoms. The van der Waals surface area contributed by atoms with Crippen LogP contribution in [0.1, 0.15) is 23.2 Å². The molecule has 0 saturated carbocycles. The molecule has 0 radical (unpaired) electrons. The quantitative estimate of drug-likeness (QED) is 0.646. The molecular weight excluding hydrogens is 440 g/mol. The fraction of sp³-hybridized carbons (Fsp3) is 0.381. The SMILES string of the molecule is COc1ccc(S(=O)(=O)C2CN(C(=O)c3ccc(S(=O)(=O)N4CCCC4)cc3)C2)cc1. The van der Waals surface area contributed by atoms with Crippen molar-refractivity contribution < 1.29 is 26.4 Å². The van der Waals surface area contributed by atoms with Gasteiger partial charge in [0.25, 0.3) is 5.91 Å². The minimum absolute atomic E-state index is 0.0982. The van der Waals surface area contributed by atoms with Crippen LogP contribution < -0.4 is 4.74 Å². The third-order valence-electron chi connectivity index (χ3n) is 5.77. The summed E-state index contributed by atoms with van der Waals surface area (Å²) in [6.07, 6.45) is 1.71. The number of ether oxygens (including phenoxy) is 1. The van der Waals surface area contributed by atoms with E-state index in [0.29, 0.717) is 24.4 Å². The van der Waals surface area contributed by atoms with E-state index < -0.39 is 25.1 Å². The second kappa shape index (κ2) is 8.25. The highest BCUT2D eigenvalue weighted by Gasteiger charge is 2.40. The van der Waals surface area contributed by atoms with E-state index in [1.165, 1.54) is 52.7 Å². The molecule has 2 aliphatic rings. The van der Waals surface area contributed by atoms with Gasteiger partial charge >= 0.3 is 0 Å². The molecule has 31 heavy (non-hydrogen) atoms. The van der Waals surface area contributed by atoms with E-state index in [-0.39, 0.29) is 28.8 Å². The highest BCUT2D eigenvalue weighted by atomic mass is 32.2. The second-order valence-electron chi connectivity index (χ2n) is 7.69. The van der Waals surface area contributed by atoms with Gasteiger partial charge < -0.3 is 9.64 Å². The van der Waals surface area contributed by atoms with Gasteiger partial charge in [0, 0.05) is 31.7 Å². The molecule has 0 spiro atoms. The maximum atomic E-state index is 12.7. The number of likely N-dealkylation sites (tertiary alicyclic amines) is 1. The Bertz CT molecular complexity index is 1160. The number of sulfone groups is 1. The molecule has 2 aromatic carbocycles. The Morgan fingerprint density at radius 3 is 1.97 bits per heavy atom. The van der Waals surface area contributed by atoms with Crippen LogP contribution in [0.5, 0.6) is 5.75 Å². The van der Waals surface area contributed by atoms with Crippen LogP contribution in [0.25, 0.3) is 0 Å². The summed E-state index contributed by atoms with van der Waals surface area (Å²) in [4.78, 5) is 14.5. The van der Waals surface area contributed by atoms with Crippen LogP contribution in [0.4, 0.5) is 0 Å². The van der Waals surface area contributed by atoms with Crippen molar-refractivity contribution in [3.05, 3.63) is 54.1 Å². The summed E-state index contributed by atoms with van der Waals surface area (Å²) in [7, 11) is -5.58.